The van der Waals surface area contributed by atoms with Crippen molar-refractivity contribution in [1.82, 2.24) is 20.7 Å². The van der Waals surface area contributed by atoms with Crippen LogP contribution in [0.1, 0.15) is 16.1 Å². The van der Waals surface area contributed by atoms with E-state index in [1.54, 1.807) is 0 Å². The van der Waals surface area contributed by atoms with Crippen LogP contribution in [-0.2, 0) is 11.3 Å². The zero-order chi connectivity index (χ0) is 23.9. The average molecular weight is 469 g/mol. The van der Waals surface area contributed by atoms with E-state index in [2.05, 4.69) is 26.7 Å². The van der Waals surface area contributed by atoms with Gasteiger partial charge in [-0.15, -0.1) is 0 Å². The first-order valence-electron chi connectivity index (χ1n) is 11.0. The molecule has 2 heterocycles. The van der Waals surface area contributed by atoms with Gasteiger partial charge in [-0.3, -0.25) is 20.0 Å². The van der Waals surface area contributed by atoms with Gasteiger partial charge in [-0.25, -0.2) is 10.2 Å². The van der Waals surface area contributed by atoms with Gasteiger partial charge in [0.05, 0.1) is 13.7 Å². The minimum atomic E-state index is -0.748. The molecule has 180 valence electrons. The summed E-state index contributed by atoms with van der Waals surface area (Å²) in [5.74, 6) is 0.480. The quantitative estimate of drug-likeness (QED) is 0.453. The lowest BCUT2D eigenvalue weighted by molar-refractivity contribution is 0.0831. The molecule has 0 bridgehead atoms. The Morgan fingerprint density at radius 3 is 2.56 bits per heavy atom. The molecule has 3 aromatic rings. The van der Waals surface area contributed by atoms with Gasteiger partial charge < -0.3 is 19.0 Å². The van der Waals surface area contributed by atoms with E-state index in [1.807, 2.05) is 24.3 Å². The molecule has 1 fully saturated rings. The maximum atomic E-state index is 12.1. The lowest BCUT2D eigenvalue weighted by atomic mass is 10.2. The van der Waals surface area contributed by atoms with Gasteiger partial charge >= 0.3 is 6.09 Å². The van der Waals surface area contributed by atoms with Gasteiger partial charge in [-0.05, 0) is 30.3 Å². The van der Waals surface area contributed by atoms with Gasteiger partial charge in [-0.2, -0.15) is 0 Å². The van der Waals surface area contributed by atoms with Gasteiger partial charge in [0.15, 0.2) is 11.5 Å². The van der Waals surface area contributed by atoms with E-state index in [0.717, 1.165) is 49.5 Å². The zero-order valence-corrected chi connectivity index (χ0v) is 19.0. The summed E-state index contributed by atoms with van der Waals surface area (Å²) in [7, 11) is 1.38. The van der Waals surface area contributed by atoms with Gasteiger partial charge in [-0.1, -0.05) is 18.2 Å². The molecule has 0 atom stereocenters. The smallest absolute Gasteiger partial charge is 0.426 e. The van der Waals surface area contributed by atoms with Crippen molar-refractivity contribution in [2.24, 2.45) is 0 Å². The molecular weight excluding hydrogens is 440 g/mol. The molecule has 3 N–H and O–H groups in total. The number of phenolic OH excluding ortho intramolecular Hbond substituents is 1. The number of hydrogen-bond donors (Lipinski definition) is 3. The molecule has 10 nitrogen and oxygen atoms in total. The van der Waals surface area contributed by atoms with Gasteiger partial charge in [0.2, 0.25) is 0 Å². The highest BCUT2D eigenvalue weighted by Crippen LogP contribution is 2.26. The third-order valence-corrected chi connectivity index (χ3v) is 5.68. The van der Waals surface area contributed by atoms with Crippen LogP contribution in [0.5, 0.6) is 11.5 Å². The number of nitrogens with one attached hydrogen (secondary N) is 2. The van der Waals surface area contributed by atoms with Crippen molar-refractivity contribution in [1.29, 1.82) is 0 Å². The van der Waals surface area contributed by atoms with Crippen LogP contribution in [0.15, 0.2) is 52.9 Å². The summed E-state index contributed by atoms with van der Waals surface area (Å²) in [6.45, 7) is 5.11. The summed E-state index contributed by atoms with van der Waals surface area (Å²) in [6.07, 6.45) is -0.748. The predicted octanol–water partition coefficient (Wildman–Crippen LogP) is 2.34. The summed E-state index contributed by atoms with van der Waals surface area (Å²) < 4.78 is 16.0. The maximum Gasteiger partial charge on any atom is 0.426 e. The number of amides is 2. The molecule has 0 aliphatic carbocycles. The van der Waals surface area contributed by atoms with Crippen LogP contribution in [0.2, 0.25) is 0 Å². The Bertz CT molecular complexity index is 1110. The number of aromatic hydroxyl groups is 1. The SMILES string of the molecule is COc1cc(C(=O)NNC(=O)OCCN2CCN(Cc3cc4ccccc4o3)CC2)ccc1O. The van der Waals surface area contributed by atoms with Crippen molar-refractivity contribution in [3.63, 3.8) is 0 Å². The summed E-state index contributed by atoms with van der Waals surface area (Å²) in [4.78, 5) is 28.6. The number of methoxy groups -OCH3 is 1. The van der Waals surface area contributed by atoms with Crippen LogP contribution in [0, 0.1) is 0 Å². The van der Waals surface area contributed by atoms with E-state index in [-0.39, 0.29) is 23.7 Å². The molecule has 10 heteroatoms. The Kier molecular flexibility index (Phi) is 7.51. The number of carbonyl (C=O) groups excluding carboxylic acids is 2. The first kappa shape index (κ1) is 23.4. The Labute approximate surface area is 197 Å². The maximum absolute atomic E-state index is 12.1. The largest absolute Gasteiger partial charge is 0.504 e. The van der Waals surface area contributed by atoms with Crippen molar-refractivity contribution >= 4 is 23.0 Å². The molecule has 2 amide bonds. The fourth-order valence-corrected chi connectivity index (χ4v) is 3.81. The van der Waals surface area contributed by atoms with Gasteiger partial charge in [0.1, 0.15) is 18.0 Å². The first-order valence-corrected chi connectivity index (χ1v) is 11.0. The molecule has 0 unspecified atom stereocenters. The molecule has 2 aromatic carbocycles. The number of para-hydroxylation sites is 1. The molecular formula is C24H28N4O6. The van der Waals surface area contributed by atoms with Crippen molar-refractivity contribution in [3.8, 4) is 11.5 Å². The number of benzene rings is 2. The van der Waals surface area contributed by atoms with Gasteiger partial charge in [0.25, 0.3) is 5.91 Å². The molecule has 1 aromatic heterocycles. The summed E-state index contributed by atoms with van der Waals surface area (Å²) in [5, 5.41) is 10.7. The van der Waals surface area contributed by atoms with E-state index in [1.165, 1.54) is 25.3 Å². The van der Waals surface area contributed by atoms with Crippen LogP contribution in [0.3, 0.4) is 0 Å². The third-order valence-electron chi connectivity index (χ3n) is 5.68. The number of phenols is 1. The summed E-state index contributed by atoms with van der Waals surface area (Å²) in [5.41, 5.74) is 5.61. The van der Waals surface area contributed by atoms with Crippen LogP contribution < -0.4 is 15.6 Å². The standard InChI is InChI=1S/C24H28N4O6/c1-32-22-15-18(6-7-20(22)29)23(30)25-26-24(31)33-13-12-27-8-10-28(11-9-27)16-19-14-17-4-2-3-5-21(17)34-19/h2-7,14-15,29H,8-13,16H2,1H3,(H,25,30)(H,26,31). The summed E-state index contributed by atoms with van der Waals surface area (Å²) in [6, 6.07) is 14.2. The highest BCUT2D eigenvalue weighted by atomic mass is 16.6. The molecule has 0 radical (unpaired) electrons. The Balaban J connectivity index is 1.12. The zero-order valence-electron chi connectivity index (χ0n) is 19.0. The number of rotatable bonds is 7. The van der Waals surface area contributed by atoms with Crippen LogP contribution in [-0.4, -0.2) is 73.3 Å². The number of nitrogens with zero attached hydrogens (tertiary/aromatic N) is 2. The molecule has 0 spiro atoms. The Morgan fingerprint density at radius 2 is 1.79 bits per heavy atom. The van der Waals surface area contributed by atoms with Gasteiger partial charge in [0, 0.05) is 43.7 Å². The molecule has 1 aliphatic heterocycles. The highest BCUT2D eigenvalue weighted by Gasteiger charge is 2.19. The fourth-order valence-electron chi connectivity index (χ4n) is 3.81. The number of fused-ring (bicyclic) bond motifs is 1. The summed E-state index contributed by atoms with van der Waals surface area (Å²) >= 11 is 0. The predicted molar refractivity (Wildman–Crippen MR) is 125 cm³/mol. The number of hydrazine groups is 1. The van der Waals surface area contributed by atoms with E-state index < -0.39 is 12.0 Å². The lowest BCUT2D eigenvalue weighted by Gasteiger charge is -2.33. The molecule has 0 saturated carbocycles. The monoisotopic (exact) mass is 468 g/mol. The topological polar surface area (TPSA) is 117 Å². The van der Waals surface area contributed by atoms with Crippen LogP contribution >= 0.6 is 0 Å². The van der Waals surface area contributed by atoms with Crippen molar-refractivity contribution in [2.75, 3.05) is 46.4 Å². The number of piperazine rings is 1. The second-order valence-electron chi connectivity index (χ2n) is 7.97. The molecule has 1 saturated heterocycles. The average Bonchev–Trinajstić information content (AvgIpc) is 3.26. The van der Waals surface area contributed by atoms with Crippen LogP contribution in [0.25, 0.3) is 11.0 Å². The minimum Gasteiger partial charge on any atom is -0.504 e. The highest BCUT2D eigenvalue weighted by molar-refractivity contribution is 5.95. The molecule has 1 aliphatic rings. The van der Waals surface area contributed by atoms with Crippen molar-refractivity contribution in [3.05, 3.63) is 59.9 Å². The Hall–Kier alpha value is -3.76. The van der Waals surface area contributed by atoms with E-state index in [9.17, 15) is 14.7 Å². The van der Waals surface area contributed by atoms with E-state index >= 15 is 0 Å². The van der Waals surface area contributed by atoms with E-state index in [0.29, 0.717) is 6.54 Å². The normalized spacial score (nSPS) is 14.6. The molecule has 4 rings (SSSR count). The number of furan rings is 1. The van der Waals surface area contributed by atoms with Crippen LogP contribution in [0.4, 0.5) is 4.79 Å². The van der Waals surface area contributed by atoms with Crippen molar-refractivity contribution in [2.45, 2.75) is 6.54 Å². The second kappa shape index (κ2) is 10.9. The molecule has 34 heavy (non-hydrogen) atoms. The van der Waals surface area contributed by atoms with E-state index in [4.69, 9.17) is 13.9 Å². The lowest BCUT2D eigenvalue weighted by Crippen LogP contribution is -2.47. The number of ether oxygens (including phenoxy) is 2. The number of carbonyl (C=O) groups is 2. The number of hydrogen-bond acceptors (Lipinski definition) is 8. The fraction of sp³-hybridized carbons (Fsp3) is 0.333. The van der Waals surface area contributed by atoms with Crippen molar-refractivity contribution < 1.29 is 28.6 Å². The minimum absolute atomic E-state index is 0.0817. The third kappa shape index (κ3) is 5.97. The first-order chi connectivity index (χ1) is 16.5. The Morgan fingerprint density at radius 1 is 1.03 bits per heavy atom. The second-order valence-corrected chi connectivity index (χ2v) is 7.97.